The van der Waals surface area contributed by atoms with E-state index in [-0.39, 0.29) is 12.3 Å². The highest BCUT2D eigenvalue weighted by atomic mass is 79.9. The molecule has 0 radical (unpaired) electrons. The van der Waals surface area contributed by atoms with Crippen molar-refractivity contribution >= 4 is 71.3 Å². The topological polar surface area (TPSA) is 97.1 Å². The predicted octanol–water partition coefficient (Wildman–Crippen LogP) is 5.40. The summed E-state index contributed by atoms with van der Waals surface area (Å²) >= 11 is 10.2. The van der Waals surface area contributed by atoms with Crippen LogP contribution >= 0.6 is 47.8 Å². The summed E-state index contributed by atoms with van der Waals surface area (Å²) in [5.41, 5.74) is 3.82. The molecule has 0 aliphatic carbocycles. The van der Waals surface area contributed by atoms with E-state index in [2.05, 4.69) is 63.2 Å². The molecular weight excluding hydrogens is 600 g/mol. The first-order chi connectivity index (χ1) is 14.8. The van der Waals surface area contributed by atoms with E-state index in [0.717, 1.165) is 36.1 Å². The number of nitro groups is 1. The molecule has 31 heavy (non-hydrogen) atoms. The number of amides is 1. The fraction of sp³-hybridized carbons (Fsp3) is 0.300. The molecule has 0 aromatic heterocycles. The summed E-state index contributed by atoms with van der Waals surface area (Å²) < 4.78 is 7.79. The number of ether oxygens (including phenoxy) is 1. The normalized spacial score (nSPS) is 14.0. The van der Waals surface area contributed by atoms with Gasteiger partial charge in [0.1, 0.15) is 5.75 Å². The Labute approximate surface area is 204 Å². The number of piperidine rings is 1. The Balaban J connectivity index is 1.67. The van der Waals surface area contributed by atoms with E-state index < -0.39 is 10.8 Å². The summed E-state index contributed by atoms with van der Waals surface area (Å²) in [6, 6.07) is 8.30. The zero-order valence-electron chi connectivity index (χ0n) is 16.3. The second-order valence-electron chi connectivity index (χ2n) is 6.83. The van der Waals surface area contributed by atoms with Crippen LogP contribution in [0.3, 0.4) is 0 Å². The Kier molecular flexibility index (Phi) is 8.44. The number of nitrogens with one attached hydrogen (secondary N) is 1. The van der Waals surface area contributed by atoms with E-state index in [0.29, 0.717) is 20.3 Å². The van der Waals surface area contributed by atoms with E-state index in [1.165, 1.54) is 24.8 Å². The minimum atomic E-state index is -0.456. The van der Waals surface area contributed by atoms with Gasteiger partial charge < -0.3 is 9.64 Å². The number of rotatable bonds is 7. The fourth-order valence-corrected chi connectivity index (χ4v) is 5.68. The molecule has 0 bridgehead atoms. The van der Waals surface area contributed by atoms with Gasteiger partial charge in [-0.3, -0.25) is 14.9 Å². The minimum Gasteiger partial charge on any atom is -0.481 e. The van der Waals surface area contributed by atoms with Gasteiger partial charge in [0, 0.05) is 40.9 Å². The number of hydrogen-bond donors (Lipinski definition) is 1. The minimum absolute atomic E-state index is 0.0261. The molecule has 1 aliphatic heterocycles. The first-order valence-electron chi connectivity index (χ1n) is 9.48. The van der Waals surface area contributed by atoms with E-state index in [9.17, 15) is 14.9 Å². The molecule has 2 aromatic carbocycles. The van der Waals surface area contributed by atoms with Gasteiger partial charge in [0.2, 0.25) is 0 Å². The maximum atomic E-state index is 12.1. The predicted molar refractivity (Wildman–Crippen MR) is 130 cm³/mol. The molecule has 0 spiro atoms. The summed E-state index contributed by atoms with van der Waals surface area (Å²) in [4.78, 5) is 25.1. The van der Waals surface area contributed by atoms with Crippen LogP contribution in [-0.2, 0) is 4.79 Å². The number of hydrogen-bond acceptors (Lipinski definition) is 6. The summed E-state index contributed by atoms with van der Waals surface area (Å²) in [5.74, 6) is 0.0383. The Morgan fingerprint density at radius 3 is 2.48 bits per heavy atom. The van der Waals surface area contributed by atoms with Gasteiger partial charge in [0.15, 0.2) is 6.61 Å². The summed E-state index contributed by atoms with van der Waals surface area (Å²) in [6.45, 7) is 1.52. The number of hydrazone groups is 1. The number of carbonyl (C=O) groups excluding carboxylic acids is 1. The van der Waals surface area contributed by atoms with Gasteiger partial charge in [0.25, 0.3) is 11.6 Å². The molecule has 1 heterocycles. The van der Waals surface area contributed by atoms with Gasteiger partial charge in [-0.25, -0.2) is 5.43 Å². The van der Waals surface area contributed by atoms with Gasteiger partial charge in [0.05, 0.1) is 20.1 Å². The van der Waals surface area contributed by atoms with E-state index in [1.807, 2.05) is 0 Å². The summed E-state index contributed by atoms with van der Waals surface area (Å²) in [7, 11) is 0. The molecule has 0 unspecified atom stereocenters. The lowest BCUT2D eigenvalue weighted by Gasteiger charge is -2.29. The standard InChI is InChI=1S/C20H19Br3N4O4/c21-14-9-16(22)20(17(23)10-14)31-12-19(28)25-24-11-13-8-15(27(29)30)4-5-18(13)26-6-2-1-3-7-26/h4-5,8-11H,1-3,6-7,12H2,(H,25,28)/b24-11+. The molecule has 0 saturated carbocycles. The van der Waals surface area contributed by atoms with Crippen LogP contribution in [0.5, 0.6) is 5.75 Å². The van der Waals surface area contributed by atoms with Crippen LogP contribution < -0.4 is 15.1 Å². The van der Waals surface area contributed by atoms with Crippen molar-refractivity contribution in [2.24, 2.45) is 5.10 Å². The number of carbonyl (C=O) groups is 1. The van der Waals surface area contributed by atoms with Crippen molar-refractivity contribution in [3.05, 3.63) is 59.4 Å². The Morgan fingerprint density at radius 1 is 1.16 bits per heavy atom. The van der Waals surface area contributed by atoms with Crippen LogP contribution in [-0.4, -0.2) is 36.7 Å². The molecule has 164 valence electrons. The van der Waals surface area contributed by atoms with Crippen molar-refractivity contribution in [1.82, 2.24) is 5.43 Å². The highest BCUT2D eigenvalue weighted by molar-refractivity contribution is 9.11. The third-order valence-electron chi connectivity index (χ3n) is 4.62. The average Bonchev–Trinajstić information content (AvgIpc) is 2.73. The van der Waals surface area contributed by atoms with Crippen molar-refractivity contribution in [2.45, 2.75) is 19.3 Å². The molecule has 0 atom stereocenters. The molecule has 1 saturated heterocycles. The first-order valence-corrected chi connectivity index (χ1v) is 11.9. The summed E-state index contributed by atoms with van der Waals surface area (Å²) in [5, 5.41) is 15.2. The lowest BCUT2D eigenvalue weighted by atomic mass is 10.1. The molecule has 1 aliphatic rings. The quantitative estimate of drug-likeness (QED) is 0.255. The van der Waals surface area contributed by atoms with Gasteiger partial charge in [-0.2, -0.15) is 5.10 Å². The second-order valence-corrected chi connectivity index (χ2v) is 9.45. The first kappa shape index (κ1) is 23.7. The number of nitrogens with zero attached hydrogens (tertiary/aromatic N) is 3. The average molecular weight is 619 g/mol. The third-order valence-corrected chi connectivity index (χ3v) is 6.26. The molecule has 2 aromatic rings. The number of anilines is 1. The van der Waals surface area contributed by atoms with Crippen LogP contribution in [0.2, 0.25) is 0 Å². The van der Waals surface area contributed by atoms with Gasteiger partial charge >= 0.3 is 0 Å². The maximum Gasteiger partial charge on any atom is 0.277 e. The zero-order valence-corrected chi connectivity index (χ0v) is 21.1. The molecular formula is C20H19Br3N4O4. The van der Waals surface area contributed by atoms with Gasteiger partial charge in [-0.15, -0.1) is 0 Å². The van der Waals surface area contributed by atoms with Crippen LogP contribution in [0.25, 0.3) is 0 Å². The molecule has 8 nitrogen and oxygen atoms in total. The van der Waals surface area contributed by atoms with Gasteiger partial charge in [-0.05, 0) is 69.3 Å². The van der Waals surface area contributed by atoms with E-state index >= 15 is 0 Å². The number of halogens is 3. The van der Waals surface area contributed by atoms with Crippen molar-refractivity contribution in [3.8, 4) is 5.75 Å². The number of nitro benzene ring substituents is 1. The highest BCUT2D eigenvalue weighted by Gasteiger charge is 2.17. The monoisotopic (exact) mass is 616 g/mol. The Hall–Kier alpha value is -1.98. The molecule has 11 heteroatoms. The van der Waals surface area contributed by atoms with Crippen molar-refractivity contribution in [1.29, 1.82) is 0 Å². The van der Waals surface area contributed by atoms with Crippen molar-refractivity contribution in [2.75, 3.05) is 24.6 Å². The largest absolute Gasteiger partial charge is 0.481 e. The van der Waals surface area contributed by atoms with Crippen LogP contribution in [0.4, 0.5) is 11.4 Å². The fourth-order valence-electron chi connectivity index (χ4n) is 3.19. The van der Waals surface area contributed by atoms with Crippen LogP contribution in [0, 0.1) is 10.1 Å². The van der Waals surface area contributed by atoms with Crippen LogP contribution in [0.15, 0.2) is 48.9 Å². The number of non-ortho nitro benzene ring substituents is 1. The lowest BCUT2D eigenvalue weighted by molar-refractivity contribution is -0.384. The van der Waals surface area contributed by atoms with Crippen molar-refractivity contribution < 1.29 is 14.5 Å². The summed E-state index contributed by atoms with van der Waals surface area (Å²) in [6.07, 6.45) is 4.75. The SMILES string of the molecule is O=C(COc1c(Br)cc(Br)cc1Br)N/N=C/c1cc([N+](=O)[O-])ccc1N1CCCCC1. The lowest BCUT2D eigenvalue weighted by Crippen LogP contribution is -2.30. The highest BCUT2D eigenvalue weighted by Crippen LogP contribution is 2.36. The van der Waals surface area contributed by atoms with E-state index in [1.54, 1.807) is 18.2 Å². The smallest absolute Gasteiger partial charge is 0.277 e. The van der Waals surface area contributed by atoms with Crippen molar-refractivity contribution in [3.63, 3.8) is 0 Å². The molecule has 3 rings (SSSR count). The van der Waals surface area contributed by atoms with Gasteiger partial charge in [-0.1, -0.05) is 15.9 Å². The van der Waals surface area contributed by atoms with E-state index in [4.69, 9.17) is 4.74 Å². The second kappa shape index (κ2) is 11.1. The molecule has 1 N–H and O–H groups in total. The number of benzene rings is 2. The molecule has 1 fully saturated rings. The Bertz CT molecular complexity index is 987. The van der Waals surface area contributed by atoms with Crippen LogP contribution in [0.1, 0.15) is 24.8 Å². The Morgan fingerprint density at radius 2 is 1.84 bits per heavy atom. The third kappa shape index (κ3) is 6.50. The maximum absolute atomic E-state index is 12.1. The molecule has 1 amide bonds. The zero-order chi connectivity index (χ0) is 22.4.